The van der Waals surface area contributed by atoms with Crippen LogP contribution in [0.5, 0.6) is 11.5 Å². The Balaban J connectivity index is 1.11. The van der Waals surface area contributed by atoms with Crippen molar-refractivity contribution in [1.29, 1.82) is 0 Å². The highest BCUT2D eigenvalue weighted by Crippen LogP contribution is 2.35. The van der Waals surface area contributed by atoms with E-state index in [1.165, 1.54) is 0 Å². The van der Waals surface area contributed by atoms with E-state index in [-0.39, 0.29) is 18.5 Å². The summed E-state index contributed by atoms with van der Waals surface area (Å²) in [5.74, 6) is 0.756. The average molecular weight is 720 g/mol. The number of carbonyl (C=O) groups is 2. The summed E-state index contributed by atoms with van der Waals surface area (Å²) in [7, 11) is 3.11. The minimum Gasteiger partial charge on any atom is -0.493 e. The summed E-state index contributed by atoms with van der Waals surface area (Å²) in [6, 6.07) is 21.8. The maximum absolute atomic E-state index is 13.5. The monoisotopic (exact) mass is 718 g/mol. The van der Waals surface area contributed by atoms with Gasteiger partial charge in [-0.15, -0.1) is 0 Å². The van der Waals surface area contributed by atoms with Crippen LogP contribution in [-0.4, -0.2) is 63.3 Å². The molecule has 3 fully saturated rings. The number of fused-ring (bicyclic) bond motifs is 3. The topological polar surface area (TPSA) is 100 Å². The second-order valence-corrected chi connectivity index (χ2v) is 13.5. The van der Waals surface area contributed by atoms with Crippen LogP contribution >= 0.6 is 23.2 Å². The van der Waals surface area contributed by atoms with Crippen LogP contribution in [0.15, 0.2) is 85.2 Å². The first kappa shape index (κ1) is 35.7. The molecule has 3 atom stereocenters. The van der Waals surface area contributed by atoms with Crippen LogP contribution in [-0.2, 0) is 27.1 Å². The molecule has 3 saturated heterocycles. The van der Waals surface area contributed by atoms with Crippen LogP contribution in [0.25, 0.3) is 0 Å². The molecule has 2 N–H and O–H groups in total. The van der Waals surface area contributed by atoms with Crippen LogP contribution < -0.4 is 19.8 Å². The Morgan fingerprint density at radius 3 is 2.24 bits per heavy atom. The number of carbonyl (C=O) groups excluding carboxylic acids is 2. The van der Waals surface area contributed by atoms with Gasteiger partial charge in [-0.3, -0.25) is 4.90 Å². The van der Waals surface area contributed by atoms with Crippen molar-refractivity contribution in [3.05, 3.63) is 123 Å². The molecule has 3 aliphatic rings. The van der Waals surface area contributed by atoms with Crippen molar-refractivity contribution in [1.82, 2.24) is 10.2 Å². The van der Waals surface area contributed by atoms with Crippen molar-refractivity contribution in [3.8, 4) is 11.5 Å². The number of pyridine rings is 1. The molecule has 0 aliphatic carbocycles. The summed E-state index contributed by atoms with van der Waals surface area (Å²) in [6.45, 7) is 3.53. The van der Waals surface area contributed by atoms with Gasteiger partial charge in [-0.2, -0.15) is 0 Å². The molecule has 0 amide bonds. The Morgan fingerprint density at radius 1 is 0.900 bits per heavy atom. The van der Waals surface area contributed by atoms with Gasteiger partial charge < -0.3 is 24.3 Å². The molecule has 50 heavy (non-hydrogen) atoms. The molecule has 0 spiro atoms. The van der Waals surface area contributed by atoms with Crippen molar-refractivity contribution in [3.63, 3.8) is 0 Å². The Bertz CT molecular complexity index is 1750. The number of rotatable bonds is 14. The third-order valence-corrected chi connectivity index (χ3v) is 10.3. The lowest BCUT2D eigenvalue weighted by Gasteiger charge is -2.44. The zero-order chi connectivity index (χ0) is 35.0. The number of hydrogen-bond acceptors (Lipinski definition) is 8. The van der Waals surface area contributed by atoms with Crippen molar-refractivity contribution in [2.24, 2.45) is 5.92 Å². The van der Waals surface area contributed by atoms with Crippen molar-refractivity contribution >= 4 is 35.1 Å². The standard InChI is InChI=1S/C39H41Cl2N3O6/c1-47-33-13-12-29(20-35(33)48-2)34(21-30-31(40)22-42-23-32(30)41)49-38(45)28-10-8-25(9-11-28)14-17-43-37(27-6-4-3-5-7-27)39(46)50-36-24-44-18-15-26(36)16-19-44/h3-13,20,22-23,26,34,36-37,43H,14-19,21,24H2,1-2H3/p+1/t34-,36-,37?/m0/s1. The number of ether oxygens (including phenoxy) is 4. The van der Waals surface area contributed by atoms with Crippen LogP contribution in [0.2, 0.25) is 10.0 Å². The lowest BCUT2D eigenvalue weighted by Crippen LogP contribution is -2.52. The number of H-pyrrole nitrogens is 1. The highest BCUT2D eigenvalue weighted by molar-refractivity contribution is 6.35. The van der Waals surface area contributed by atoms with Gasteiger partial charge in [0.1, 0.15) is 28.3 Å². The first-order valence-electron chi connectivity index (χ1n) is 16.9. The summed E-state index contributed by atoms with van der Waals surface area (Å²) < 4.78 is 23.1. The van der Waals surface area contributed by atoms with E-state index in [1.807, 2.05) is 48.5 Å². The molecule has 3 aromatic carbocycles. The second-order valence-electron chi connectivity index (χ2n) is 12.7. The fourth-order valence-corrected chi connectivity index (χ4v) is 7.28. The number of benzene rings is 3. The number of methoxy groups -OCH3 is 2. The first-order valence-corrected chi connectivity index (χ1v) is 17.7. The average Bonchev–Trinajstić information content (AvgIpc) is 3.15. The minimum absolute atomic E-state index is 0.0585. The number of nitrogens with one attached hydrogen (secondary N) is 2. The molecule has 0 radical (unpaired) electrons. The highest BCUT2D eigenvalue weighted by Gasteiger charge is 2.38. The lowest BCUT2D eigenvalue weighted by atomic mass is 9.86. The van der Waals surface area contributed by atoms with Gasteiger partial charge in [-0.05, 0) is 79.2 Å². The molecule has 1 unspecified atom stereocenters. The van der Waals surface area contributed by atoms with Gasteiger partial charge in [0.25, 0.3) is 0 Å². The van der Waals surface area contributed by atoms with E-state index in [1.54, 1.807) is 50.9 Å². The molecule has 0 saturated carbocycles. The predicted molar refractivity (Wildman–Crippen MR) is 191 cm³/mol. The number of esters is 2. The maximum Gasteiger partial charge on any atom is 0.338 e. The van der Waals surface area contributed by atoms with Gasteiger partial charge in [0, 0.05) is 25.1 Å². The number of halogens is 2. The van der Waals surface area contributed by atoms with Crippen molar-refractivity contribution < 1.29 is 33.5 Å². The van der Waals surface area contributed by atoms with Gasteiger partial charge in [-0.25, -0.2) is 14.6 Å². The molecular formula is C39H42Cl2N3O6+. The van der Waals surface area contributed by atoms with Gasteiger partial charge in [0.05, 0.1) is 19.8 Å². The van der Waals surface area contributed by atoms with E-state index in [9.17, 15) is 9.59 Å². The quantitative estimate of drug-likeness (QED) is 0.148. The molecule has 4 heterocycles. The summed E-state index contributed by atoms with van der Waals surface area (Å²) >= 11 is 13.0. The fourth-order valence-electron chi connectivity index (χ4n) is 6.75. The van der Waals surface area contributed by atoms with Crippen molar-refractivity contribution in [2.45, 2.75) is 43.9 Å². The molecule has 9 nitrogen and oxygen atoms in total. The van der Waals surface area contributed by atoms with E-state index in [0.29, 0.717) is 57.1 Å². The lowest BCUT2D eigenvalue weighted by molar-refractivity contribution is -0.377. The van der Waals surface area contributed by atoms with E-state index in [4.69, 9.17) is 42.1 Å². The molecule has 11 heteroatoms. The summed E-state index contributed by atoms with van der Waals surface area (Å²) in [6.07, 6.45) is 5.52. The SMILES string of the molecule is COc1ccc([C@H](Cc2c(Cl)c[nH+]cc2Cl)OC(=O)c2ccc(CCNC(C(=O)O[C@H]3CN4CCC3CC4)c3ccccc3)cc2)cc1OC. The smallest absolute Gasteiger partial charge is 0.338 e. The Kier molecular flexibility index (Phi) is 11.9. The van der Waals surface area contributed by atoms with E-state index in [0.717, 1.165) is 43.6 Å². The highest BCUT2D eigenvalue weighted by atomic mass is 35.5. The van der Waals surface area contributed by atoms with E-state index >= 15 is 0 Å². The van der Waals surface area contributed by atoms with Gasteiger partial charge in [0.15, 0.2) is 23.9 Å². The van der Waals surface area contributed by atoms with E-state index < -0.39 is 18.1 Å². The van der Waals surface area contributed by atoms with Gasteiger partial charge in [-0.1, -0.05) is 71.7 Å². The van der Waals surface area contributed by atoms with Gasteiger partial charge >= 0.3 is 11.9 Å². The number of aromatic amines is 1. The van der Waals surface area contributed by atoms with Crippen LogP contribution in [0.1, 0.15) is 57.6 Å². The fraction of sp³-hybridized carbons (Fsp3) is 0.359. The summed E-state index contributed by atoms with van der Waals surface area (Å²) in [4.78, 5) is 32.3. The number of hydrogen-bond donors (Lipinski definition) is 1. The maximum atomic E-state index is 13.5. The zero-order valence-electron chi connectivity index (χ0n) is 28.2. The zero-order valence-corrected chi connectivity index (χ0v) is 29.7. The third-order valence-electron chi connectivity index (χ3n) is 9.60. The minimum atomic E-state index is -0.723. The number of piperidine rings is 3. The summed E-state index contributed by atoms with van der Waals surface area (Å²) in [5.41, 5.74) is 3.61. The molecular weight excluding hydrogens is 677 g/mol. The van der Waals surface area contributed by atoms with E-state index in [2.05, 4.69) is 15.2 Å². The van der Waals surface area contributed by atoms with Crippen LogP contribution in [0, 0.1) is 5.92 Å². The Morgan fingerprint density at radius 2 is 1.60 bits per heavy atom. The molecule has 1 aromatic heterocycles. The van der Waals surface area contributed by atoms with Crippen LogP contribution in [0.3, 0.4) is 0 Å². The van der Waals surface area contributed by atoms with Crippen molar-refractivity contribution in [2.75, 3.05) is 40.4 Å². The first-order chi connectivity index (χ1) is 24.3. The van der Waals surface area contributed by atoms with Crippen LogP contribution in [0.4, 0.5) is 0 Å². The second kappa shape index (κ2) is 16.7. The third kappa shape index (κ3) is 8.58. The molecule has 262 valence electrons. The predicted octanol–water partition coefficient (Wildman–Crippen LogP) is 6.48. The molecule has 7 rings (SSSR count). The number of nitrogens with zero attached hydrogens (tertiary/aromatic N) is 1. The largest absolute Gasteiger partial charge is 0.493 e. The number of aromatic nitrogens is 1. The molecule has 3 aliphatic heterocycles. The summed E-state index contributed by atoms with van der Waals surface area (Å²) in [5, 5.41) is 4.29. The molecule has 4 aromatic rings. The normalized spacial score (nSPS) is 19.3. The van der Waals surface area contributed by atoms with Gasteiger partial charge in [0.2, 0.25) is 0 Å². The molecule has 2 bridgehead atoms. The Hall–Kier alpha value is -4.15. The Labute approximate surface area is 302 Å².